The molecule has 4 aliphatic carbocycles. The molecular formula is C22H33NO. The summed E-state index contributed by atoms with van der Waals surface area (Å²) in [4.78, 5) is 0. The van der Waals surface area contributed by atoms with Crippen LogP contribution in [0.2, 0.25) is 0 Å². The van der Waals surface area contributed by atoms with E-state index in [2.05, 4.69) is 50.4 Å². The van der Waals surface area contributed by atoms with Crippen molar-refractivity contribution < 1.29 is 5.11 Å². The summed E-state index contributed by atoms with van der Waals surface area (Å²) < 4.78 is 0. The molecule has 4 fully saturated rings. The van der Waals surface area contributed by atoms with E-state index in [0.717, 1.165) is 37.5 Å². The first kappa shape index (κ1) is 16.6. The molecule has 0 saturated heterocycles. The van der Waals surface area contributed by atoms with Crippen molar-refractivity contribution in [2.75, 3.05) is 0 Å². The molecule has 2 heteroatoms. The first-order valence-electron chi connectivity index (χ1n) is 9.90. The van der Waals surface area contributed by atoms with Crippen LogP contribution in [0.15, 0.2) is 24.3 Å². The lowest BCUT2D eigenvalue weighted by Crippen LogP contribution is -2.62. The maximum absolute atomic E-state index is 11.0. The maximum Gasteiger partial charge on any atom is 0.0659 e. The zero-order valence-electron chi connectivity index (χ0n) is 15.5. The Labute approximate surface area is 147 Å². The third-order valence-corrected chi connectivity index (χ3v) is 7.19. The molecule has 2 N–H and O–H groups in total. The summed E-state index contributed by atoms with van der Waals surface area (Å²) in [6.45, 7) is 6.83. The van der Waals surface area contributed by atoms with Crippen LogP contribution in [-0.2, 0) is 6.42 Å². The number of aryl methyl sites for hydroxylation is 1. The maximum atomic E-state index is 11.0. The van der Waals surface area contributed by atoms with Crippen LogP contribution in [0.3, 0.4) is 0 Å². The fourth-order valence-electron chi connectivity index (χ4n) is 6.53. The van der Waals surface area contributed by atoms with Gasteiger partial charge in [0.05, 0.1) is 5.60 Å². The molecule has 4 bridgehead atoms. The first-order chi connectivity index (χ1) is 11.4. The zero-order valence-corrected chi connectivity index (χ0v) is 15.5. The van der Waals surface area contributed by atoms with Crippen LogP contribution in [-0.4, -0.2) is 22.8 Å². The standard InChI is InChI=1S/C22H33NO/c1-15-4-6-18(7-5-15)8-16(2)23-17(3)21-10-19-9-20(11-21)13-22(24,12-19)14-21/h4-7,16-17,19-20,23-24H,8-14H2,1-3H3/t16-,17+,19-,20-,21?,22?/m0/s1. The van der Waals surface area contributed by atoms with E-state index in [1.54, 1.807) is 0 Å². The number of benzene rings is 1. The van der Waals surface area contributed by atoms with E-state index < -0.39 is 0 Å². The lowest BCUT2D eigenvalue weighted by molar-refractivity contribution is -0.172. The van der Waals surface area contributed by atoms with Crippen molar-refractivity contribution in [3.05, 3.63) is 35.4 Å². The topological polar surface area (TPSA) is 32.3 Å². The monoisotopic (exact) mass is 327 g/mol. The van der Waals surface area contributed by atoms with E-state index in [0.29, 0.717) is 17.5 Å². The third-order valence-electron chi connectivity index (χ3n) is 7.19. The Kier molecular flexibility index (Phi) is 4.04. The highest BCUT2D eigenvalue weighted by atomic mass is 16.3. The summed E-state index contributed by atoms with van der Waals surface area (Å²) in [5, 5.41) is 14.9. The number of hydrogen-bond acceptors (Lipinski definition) is 2. The highest BCUT2D eigenvalue weighted by Gasteiger charge is 2.58. The van der Waals surface area contributed by atoms with Crippen molar-refractivity contribution in [3.8, 4) is 0 Å². The lowest BCUT2D eigenvalue weighted by Gasteiger charge is -2.62. The van der Waals surface area contributed by atoms with Crippen LogP contribution >= 0.6 is 0 Å². The minimum absolute atomic E-state index is 0.334. The van der Waals surface area contributed by atoms with Crippen molar-refractivity contribution >= 4 is 0 Å². The molecule has 0 aliphatic heterocycles. The summed E-state index contributed by atoms with van der Waals surface area (Å²) >= 11 is 0. The van der Waals surface area contributed by atoms with Crippen LogP contribution in [0, 0.1) is 24.2 Å². The molecule has 0 heterocycles. The van der Waals surface area contributed by atoms with E-state index in [-0.39, 0.29) is 5.60 Å². The van der Waals surface area contributed by atoms with Crippen molar-refractivity contribution in [1.29, 1.82) is 0 Å². The summed E-state index contributed by atoms with van der Waals surface area (Å²) in [5.74, 6) is 1.54. The molecule has 0 amide bonds. The smallest absolute Gasteiger partial charge is 0.0659 e. The minimum atomic E-state index is -0.347. The average Bonchev–Trinajstić information content (AvgIpc) is 2.47. The summed E-state index contributed by atoms with van der Waals surface area (Å²) in [6.07, 6.45) is 8.27. The molecule has 0 aromatic heterocycles. The van der Waals surface area contributed by atoms with Gasteiger partial charge in [0.15, 0.2) is 0 Å². The van der Waals surface area contributed by atoms with Gasteiger partial charge < -0.3 is 10.4 Å². The molecule has 4 saturated carbocycles. The van der Waals surface area contributed by atoms with Gasteiger partial charge in [-0.2, -0.15) is 0 Å². The van der Waals surface area contributed by atoms with E-state index in [4.69, 9.17) is 0 Å². The predicted molar refractivity (Wildman–Crippen MR) is 99.0 cm³/mol. The number of rotatable bonds is 5. The highest BCUT2D eigenvalue weighted by Crippen LogP contribution is 2.62. The Balaban J connectivity index is 1.42. The fraction of sp³-hybridized carbons (Fsp3) is 0.727. The second-order valence-corrected chi connectivity index (χ2v) is 9.53. The second-order valence-electron chi connectivity index (χ2n) is 9.53. The SMILES string of the molecule is Cc1ccc(C[C@H](C)N[C@H](C)C23C[C@@H]4C[C@H](CC(O)(C4)C2)C3)cc1. The highest BCUT2D eigenvalue weighted by molar-refractivity contribution is 5.22. The average molecular weight is 328 g/mol. The molecule has 0 radical (unpaired) electrons. The first-order valence-corrected chi connectivity index (χ1v) is 9.90. The molecule has 1 aromatic carbocycles. The van der Waals surface area contributed by atoms with Crippen molar-refractivity contribution in [2.45, 2.75) is 83.4 Å². The Bertz CT molecular complexity index is 578. The fourth-order valence-corrected chi connectivity index (χ4v) is 6.53. The van der Waals surface area contributed by atoms with Gasteiger partial charge in [-0.15, -0.1) is 0 Å². The molecule has 0 unspecified atom stereocenters. The lowest BCUT2D eigenvalue weighted by atomic mass is 9.46. The number of nitrogens with one attached hydrogen (secondary N) is 1. The van der Waals surface area contributed by atoms with Gasteiger partial charge in [-0.1, -0.05) is 29.8 Å². The van der Waals surface area contributed by atoms with E-state index in [1.165, 1.54) is 30.4 Å². The van der Waals surface area contributed by atoms with Crippen LogP contribution in [0.1, 0.15) is 63.5 Å². The van der Waals surface area contributed by atoms with Crippen molar-refractivity contribution in [3.63, 3.8) is 0 Å². The van der Waals surface area contributed by atoms with E-state index >= 15 is 0 Å². The molecule has 0 spiro atoms. The van der Waals surface area contributed by atoms with Gasteiger partial charge in [0.1, 0.15) is 0 Å². The Morgan fingerprint density at radius 3 is 2.29 bits per heavy atom. The molecule has 4 aliphatic rings. The summed E-state index contributed by atoms with van der Waals surface area (Å²) in [5.41, 5.74) is 2.73. The van der Waals surface area contributed by atoms with Crippen LogP contribution in [0.4, 0.5) is 0 Å². The normalized spacial score (nSPS) is 39.8. The quantitative estimate of drug-likeness (QED) is 0.848. The largest absolute Gasteiger partial charge is 0.390 e. The Morgan fingerprint density at radius 2 is 1.71 bits per heavy atom. The Hall–Kier alpha value is -0.860. The van der Waals surface area contributed by atoms with Crippen LogP contribution in [0.5, 0.6) is 0 Å². The van der Waals surface area contributed by atoms with Gasteiger partial charge in [-0.25, -0.2) is 0 Å². The van der Waals surface area contributed by atoms with Gasteiger partial charge in [-0.05, 0) is 88.5 Å². The van der Waals surface area contributed by atoms with Gasteiger partial charge in [0.25, 0.3) is 0 Å². The van der Waals surface area contributed by atoms with E-state index in [9.17, 15) is 5.11 Å². The zero-order chi connectivity index (χ0) is 16.9. The number of aliphatic hydroxyl groups is 1. The molecule has 2 nitrogen and oxygen atoms in total. The van der Waals surface area contributed by atoms with Gasteiger partial charge in [0, 0.05) is 12.1 Å². The van der Waals surface area contributed by atoms with Gasteiger partial charge in [-0.3, -0.25) is 0 Å². The predicted octanol–water partition coefficient (Wildman–Crippen LogP) is 4.24. The second kappa shape index (κ2) is 5.85. The molecule has 4 atom stereocenters. The van der Waals surface area contributed by atoms with Gasteiger partial charge >= 0.3 is 0 Å². The number of hydrogen-bond donors (Lipinski definition) is 2. The van der Waals surface area contributed by atoms with Crippen molar-refractivity contribution in [1.82, 2.24) is 5.32 Å². The molecular weight excluding hydrogens is 294 g/mol. The summed E-state index contributed by atoms with van der Waals surface area (Å²) in [6, 6.07) is 9.90. The molecule has 132 valence electrons. The minimum Gasteiger partial charge on any atom is -0.390 e. The van der Waals surface area contributed by atoms with E-state index in [1.807, 2.05) is 0 Å². The molecule has 1 aromatic rings. The Morgan fingerprint density at radius 1 is 1.08 bits per heavy atom. The van der Waals surface area contributed by atoms with Crippen LogP contribution in [0.25, 0.3) is 0 Å². The summed E-state index contributed by atoms with van der Waals surface area (Å²) in [7, 11) is 0. The van der Waals surface area contributed by atoms with Gasteiger partial charge in [0.2, 0.25) is 0 Å². The molecule has 24 heavy (non-hydrogen) atoms. The third kappa shape index (κ3) is 3.04. The van der Waals surface area contributed by atoms with Crippen LogP contribution < -0.4 is 5.32 Å². The molecule has 5 rings (SSSR count). The van der Waals surface area contributed by atoms with Crippen molar-refractivity contribution in [2.24, 2.45) is 17.3 Å².